The Balaban J connectivity index is 2.36. The summed E-state index contributed by atoms with van der Waals surface area (Å²) in [5.74, 6) is -0.203. The Morgan fingerprint density at radius 3 is 2.24 bits per heavy atom. The fourth-order valence-corrected chi connectivity index (χ4v) is 2.54. The van der Waals surface area contributed by atoms with Gasteiger partial charge in [-0.15, -0.1) is 0 Å². The molecule has 1 N–H and O–H groups in total. The van der Waals surface area contributed by atoms with Crippen LogP contribution in [0.15, 0.2) is 48.5 Å². The molecule has 0 amide bonds. The minimum atomic E-state index is -0.503. The zero-order chi connectivity index (χ0) is 15.4. The summed E-state index contributed by atoms with van der Waals surface area (Å²) in [7, 11) is 1.93. The van der Waals surface area contributed by atoms with Crippen LogP contribution in [0.2, 0.25) is 0 Å². The Labute approximate surface area is 125 Å². The molecular weight excluding hydrogens is 265 g/mol. The molecule has 2 rings (SSSR count). The van der Waals surface area contributed by atoms with Crippen LogP contribution in [0.1, 0.15) is 43.5 Å². The number of aliphatic hydroxyl groups excluding tert-OH is 1. The normalized spacial score (nSPS) is 13.8. The van der Waals surface area contributed by atoms with E-state index >= 15 is 0 Å². The number of aliphatic hydroxyl groups is 1. The molecule has 112 valence electrons. The highest BCUT2D eigenvalue weighted by Crippen LogP contribution is 2.33. The molecule has 2 aromatic carbocycles. The second-order valence-corrected chi connectivity index (χ2v) is 5.29. The number of halogens is 1. The second kappa shape index (κ2) is 6.72. The summed E-state index contributed by atoms with van der Waals surface area (Å²) in [5, 5.41) is 10.2. The molecule has 0 fully saturated rings. The summed E-state index contributed by atoms with van der Waals surface area (Å²) in [5.41, 5.74) is 2.47. The van der Waals surface area contributed by atoms with Crippen LogP contribution in [0.25, 0.3) is 0 Å². The first-order valence-electron chi connectivity index (χ1n) is 7.30. The van der Waals surface area contributed by atoms with Crippen LogP contribution in [-0.2, 0) is 0 Å². The van der Waals surface area contributed by atoms with Gasteiger partial charge in [-0.1, -0.05) is 43.3 Å². The summed E-state index contributed by atoms with van der Waals surface area (Å²) in [4.78, 5) is 2.01. The van der Waals surface area contributed by atoms with E-state index in [0.717, 1.165) is 11.3 Å². The van der Waals surface area contributed by atoms with E-state index in [1.165, 1.54) is 6.07 Å². The van der Waals surface area contributed by atoms with Crippen LogP contribution in [-0.4, -0.2) is 12.2 Å². The number of hydrogen-bond donors (Lipinski definition) is 1. The topological polar surface area (TPSA) is 23.5 Å². The predicted octanol–water partition coefficient (Wildman–Crippen LogP) is 4.47. The number of nitrogens with zero attached hydrogens (tertiary/aromatic N) is 1. The van der Waals surface area contributed by atoms with Gasteiger partial charge in [-0.2, -0.15) is 0 Å². The summed E-state index contributed by atoms with van der Waals surface area (Å²) in [6.07, 6.45) is 0.148. The monoisotopic (exact) mass is 287 g/mol. The first-order valence-corrected chi connectivity index (χ1v) is 7.30. The average molecular weight is 287 g/mol. The maximum Gasteiger partial charge on any atom is 0.128 e. The van der Waals surface area contributed by atoms with E-state index in [1.807, 2.05) is 56.1 Å². The molecular formula is C18H22FNO. The summed E-state index contributed by atoms with van der Waals surface area (Å²) in [6.45, 7) is 3.91. The van der Waals surface area contributed by atoms with Gasteiger partial charge in [-0.3, -0.25) is 0 Å². The molecule has 2 atom stereocenters. The Hall–Kier alpha value is -1.87. The quantitative estimate of drug-likeness (QED) is 0.877. The summed E-state index contributed by atoms with van der Waals surface area (Å²) < 4.78 is 14.0. The Kier molecular flexibility index (Phi) is 4.97. The number of benzene rings is 2. The lowest BCUT2D eigenvalue weighted by Gasteiger charge is -2.30. The van der Waals surface area contributed by atoms with Crippen molar-refractivity contribution in [3.05, 3.63) is 65.5 Å². The van der Waals surface area contributed by atoms with Gasteiger partial charge in [0.15, 0.2) is 0 Å². The van der Waals surface area contributed by atoms with E-state index in [-0.39, 0.29) is 11.9 Å². The van der Waals surface area contributed by atoms with Gasteiger partial charge in [-0.05, 0) is 25.5 Å². The molecule has 0 saturated heterocycles. The lowest BCUT2D eigenvalue weighted by atomic mass is 10.0. The number of para-hydroxylation sites is 1. The third-order valence-corrected chi connectivity index (χ3v) is 4.00. The molecule has 1 unspecified atom stereocenters. The van der Waals surface area contributed by atoms with Crippen LogP contribution >= 0.6 is 0 Å². The minimum absolute atomic E-state index is 0.114. The highest BCUT2D eigenvalue weighted by Gasteiger charge is 2.19. The fourth-order valence-electron chi connectivity index (χ4n) is 2.54. The highest BCUT2D eigenvalue weighted by atomic mass is 19.1. The number of hydrogen-bond acceptors (Lipinski definition) is 2. The molecule has 3 heteroatoms. The zero-order valence-corrected chi connectivity index (χ0v) is 12.8. The van der Waals surface area contributed by atoms with E-state index < -0.39 is 6.10 Å². The van der Waals surface area contributed by atoms with Crippen molar-refractivity contribution < 1.29 is 9.50 Å². The number of rotatable bonds is 5. The molecule has 0 bridgehead atoms. The highest BCUT2D eigenvalue weighted by molar-refractivity contribution is 5.55. The standard InChI is InChI=1S/C18H22FNO/c1-4-18(21)15-10-6-8-12-17(15)20(3)13(2)14-9-5-7-11-16(14)19/h5-13,18,21H,4H2,1-3H3/t13?,18-/m1/s1. The second-order valence-electron chi connectivity index (χ2n) is 5.29. The van der Waals surface area contributed by atoms with Crippen molar-refractivity contribution in [3.8, 4) is 0 Å². The smallest absolute Gasteiger partial charge is 0.128 e. The Morgan fingerprint density at radius 1 is 1.05 bits per heavy atom. The SMILES string of the molecule is CC[C@@H](O)c1ccccc1N(C)C(C)c1ccccc1F. The fraction of sp³-hybridized carbons (Fsp3) is 0.333. The minimum Gasteiger partial charge on any atom is -0.388 e. The molecule has 0 aliphatic carbocycles. The van der Waals surface area contributed by atoms with Crippen molar-refractivity contribution in [3.63, 3.8) is 0 Å². The van der Waals surface area contributed by atoms with Crippen LogP contribution in [0.3, 0.4) is 0 Å². The van der Waals surface area contributed by atoms with Gasteiger partial charge >= 0.3 is 0 Å². The van der Waals surface area contributed by atoms with Gasteiger partial charge < -0.3 is 10.0 Å². The van der Waals surface area contributed by atoms with E-state index in [2.05, 4.69) is 0 Å². The van der Waals surface area contributed by atoms with Crippen molar-refractivity contribution >= 4 is 5.69 Å². The molecule has 0 saturated carbocycles. The third kappa shape index (κ3) is 3.24. The van der Waals surface area contributed by atoms with E-state index in [4.69, 9.17) is 0 Å². The van der Waals surface area contributed by atoms with Crippen molar-refractivity contribution in [2.75, 3.05) is 11.9 Å². The molecule has 0 radical (unpaired) electrons. The number of anilines is 1. The molecule has 0 aromatic heterocycles. The van der Waals surface area contributed by atoms with E-state index in [9.17, 15) is 9.50 Å². The maximum atomic E-state index is 14.0. The summed E-state index contributed by atoms with van der Waals surface area (Å²) >= 11 is 0. The molecule has 21 heavy (non-hydrogen) atoms. The van der Waals surface area contributed by atoms with Crippen molar-refractivity contribution in [2.45, 2.75) is 32.4 Å². The van der Waals surface area contributed by atoms with Crippen LogP contribution in [0.4, 0.5) is 10.1 Å². The van der Waals surface area contributed by atoms with Crippen LogP contribution in [0.5, 0.6) is 0 Å². The van der Waals surface area contributed by atoms with E-state index in [0.29, 0.717) is 12.0 Å². The van der Waals surface area contributed by atoms with Crippen molar-refractivity contribution in [1.82, 2.24) is 0 Å². The molecule has 0 heterocycles. The van der Waals surface area contributed by atoms with Gasteiger partial charge in [0.2, 0.25) is 0 Å². The Morgan fingerprint density at radius 2 is 1.62 bits per heavy atom. The lowest BCUT2D eigenvalue weighted by molar-refractivity contribution is 0.174. The van der Waals surface area contributed by atoms with Gasteiger partial charge in [0.25, 0.3) is 0 Å². The first-order chi connectivity index (χ1) is 10.1. The molecule has 2 aromatic rings. The predicted molar refractivity (Wildman–Crippen MR) is 84.9 cm³/mol. The van der Waals surface area contributed by atoms with Gasteiger partial charge in [0.05, 0.1) is 12.1 Å². The van der Waals surface area contributed by atoms with Crippen molar-refractivity contribution in [1.29, 1.82) is 0 Å². The molecule has 0 spiro atoms. The van der Waals surface area contributed by atoms with Gasteiger partial charge in [0.1, 0.15) is 5.82 Å². The third-order valence-electron chi connectivity index (χ3n) is 4.00. The summed E-state index contributed by atoms with van der Waals surface area (Å²) in [6, 6.07) is 14.4. The molecule has 0 aliphatic rings. The maximum absolute atomic E-state index is 14.0. The zero-order valence-electron chi connectivity index (χ0n) is 12.8. The molecule has 2 nitrogen and oxygen atoms in total. The first kappa shape index (κ1) is 15.5. The molecule has 0 aliphatic heterocycles. The van der Waals surface area contributed by atoms with Gasteiger partial charge in [-0.25, -0.2) is 4.39 Å². The van der Waals surface area contributed by atoms with Crippen LogP contribution < -0.4 is 4.90 Å². The van der Waals surface area contributed by atoms with Crippen molar-refractivity contribution in [2.24, 2.45) is 0 Å². The average Bonchev–Trinajstić information content (AvgIpc) is 2.53. The largest absolute Gasteiger partial charge is 0.388 e. The lowest BCUT2D eigenvalue weighted by Crippen LogP contribution is -2.24. The van der Waals surface area contributed by atoms with Crippen LogP contribution in [0, 0.1) is 5.82 Å². The Bertz CT molecular complexity index is 599. The van der Waals surface area contributed by atoms with Gasteiger partial charge in [0, 0.05) is 23.9 Å². The van der Waals surface area contributed by atoms with E-state index in [1.54, 1.807) is 12.1 Å².